The molecule has 3 aromatic carbocycles. The molecule has 0 aliphatic heterocycles. The zero-order valence-corrected chi connectivity index (χ0v) is 19.4. The van der Waals surface area contributed by atoms with Crippen molar-refractivity contribution in [3.05, 3.63) is 82.9 Å². The van der Waals surface area contributed by atoms with Gasteiger partial charge in [0.1, 0.15) is 4.90 Å². The summed E-state index contributed by atoms with van der Waals surface area (Å²) in [7, 11) is -2.56. The Morgan fingerprint density at radius 1 is 1.03 bits per heavy atom. The Balaban J connectivity index is 1.78. The second kappa shape index (κ2) is 10.8. The van der Waals surface area contributed by atoms with Gasteiger partial charge >= 0.3 is 10.1 Å². The maximum Gasteiger partial charge on any atom is 0.339 e. The number of amides is 1. The van der Waals surface area contributed by atoms with E-state index in [1.54, 1.807) is 30.3 Å². The van der Waals surface area contributed by atoms with E-state index in [0.29, 0.717) is 28.7 Å². The molecule has 0 fully saturated rings. The summed E-state index contributed by atoms with van der Waals surface area (Å²) >= 11 is 6.04. The average Bonchev–Trinajstić information content (AvgIpc) is 2.81. The topological polar surface area (TPSA) is 103 Å². The first-order chi connectivity index (χ1) is 15.8. The van der Waals surface area contributed by atoms with Crippen LogP contribution in [0.3, 0.4) is 0 Å². The van der Waals surface area contributed by atoms with E-state index in [0.717, 1.165) is 0 Å². The van der Waals surface area contributed by atoms with Crippen molar-refractivity contribution in [2.45, 2.75) is 11.8 Å². The highest BCUT2D eigenvalue weighted by Gasteiger charge is 2.18. The highest BCUT2D eigenvalue weighted by atomic mass is 35.5. The molecule has 8 nitrogen and oxygen atoms in total. The summed E-state index contributed by atoms with van der Waals surface area (Å²) in [5.74, 6) is 0.422. The number of hydrogen-bond acceptors (Lipinski definition) is 7. The lowest BCUT2D eigenvalue weighted by Crippen LogP contribution is -2.18. The number of halogens is 1. The minimum Gasteiger partial charge on any atom is -0.493 e. The van der Waals surface area contributed by atoms with Crippen LogP contribution in [0.4, 0.5) is 0 Å². The number of ether oxygens (including phenoxy) is 2. The lowest BCUT2D eigenvalue weighted by atomic mass is 10.2. The van der Waals surface area contributed by atoms with Gasteiger partial charge in [-0.1, -0.05) is 29.8 Å². The van der Waals surface area contributed by atoms with Crippen LogP contribution in [-0.4, -0.2) is 34.3 Å². The van der Waals surface area contributed by atoms with E-state index in [-0.39, 0.29) is 16.2 Å². The standard InChI is InChI=1S/C23H21ClN2O6S/c1-3-31-22-14-16(9-11-21(22)30-2)23(27)26-25-15-17-13-18(24)10-12-20(17)32-33(28,29)19-7-5-4-6-8-19/h4-15H,3H2,1-2H3,(H,26,27)/b25-15+. The molecule has 0 aromatic heterocycles. The first-order valence-electron chi connectivity index (χ1n) is 9.77. The van der Waals surface area contributed by atoms with Crippen LogP contribution in [0.2, 0.25) is 5.02 Å². The number of benzene rings is 3. The first kappa shape index (κ1) is 24.1. The molecule has 0 atom stereocenters. The molecule has 0 aliphatic carbocycles. The predicted molar refractivity (Wildman–Crippen MR) is 125 cm³/mol. The monoisotopic (exact) mass is 488 g/mol. The number of carbonyl (C=O) groups excluding carboxylic acids is 1. The smallest absolute Gasteiger partial charge is 0.339 e. The molecule has 0 unspecified atom stereocenters. The van der Waals surface area contributed by atoms with Gasteiger partial charge in [0.25, 0.3) is 5.91 Å². The fourth-order valence-corrected chi connectivity index (χ4v) is 3.92. The van der Waals surface area contributed by atoms with Gasteiger partial charge in [-0.3, -0.25) is 4.79 Å². The van der Waals surface area contributed by atoms with E-state index in [9.17, 15) is 13.2 Å². The Morgan fingerprint density at radius 3 is 2.45 bits per heavy atom. The number of carbonyl (C=O) groups is 1. The highest BCUT2D eigenvalue weighted by Crippen LogP contribution is 2.28. The van der Waals surface area contributed by atoms with E-state index >= 15 is 0 Å². The predicted octanol–water partition coefficient (Wildman–Crippen LogP) is 4.28. The molecule has 1 amide bonds. The maximum atomic E-state index is 12.6. The third kappa shape index (κ3) is 6.24. The van der Waals surface area contributed by atoms with Crippen LogP contribution in [0.5, 0.6) is 17.2 Å². The molecule has 0 spiro atoms. The fourth-order valence-electron chi connectivity index (χ4n) is 2.76. The van der Waals surface area contributed by atoms with E-state index in [1.807, 2.05) is 6.92 Å². The van der Waals surface area contributed by atoms with Crippen LogP contribution in [0, 0.1) is 0 Å². The average molecular weight is 489 g/mol. The SMILES string of the molecule is CCOc1cc(C(=O)N/N=C/c2cc(Cl)ccc2OS(=O)(=O)c2ccccc2)ccc1OC. The van der Waals surface area contributed by atoms with Gasteiger partial charge in [0, 0.05) is 16.1 Å². The molecule has 10 heteroatoms. The molecular formula is C23H21ClN2O6S. The Kier molecular flexibility index (Phi) is 7.92. The van der Waals surface area contributed by atoms with Gasteiger partial charge in [0.2, 0.25) is 0 Å². The van der Waals surface area contributed by atoms with Gasteiger partial charge in [0.05, 0.1) is 19.9 Å². The van der Waals surface area contributed by atoms with Crippen molar-refractivity contribution >= 4 is 33.8 Å². The number of nitrogens with one attached hydrogen (secondary N) is 1. The van der Waals surface area contributed by atoms with Gasteiger partial charge < -0.3 is 13.7 Å². The van der Waals surface area contributed by atoms with Gasteiger partial charge in [-0.25, -0.2) is 5.43 Å². The van der Waals surface area contributed by atoms with Crippen molar-refractivity contribution in [2.75, 3.05) is 13.7 Å². The zero-order chi connectivity index (χ0) is 23.8. The summed E-state index contributed by atoms with van der Waals surface area (Å²) in [6.45, 7) is 2.22. The summed E-state index contributed by atoms with van der Waals surface area (Å²) in [4.78, 5) is 12.5. The van der Waals surface area contributed by atoms with Crippen molar-refractivity contribution < 1.29 is 26.9 Å². The Bertz CT molecular complexity index is 1260. The largest absolute Gasteiger partial charge is 0.493 e. The molecule has 3 rings (SSSR count). The molecule has 0 aliphatic rings. The van der Waals surface area contributed by atoms with Gasteiger partial charge in [-0.2, -0.15) is 13.5 Å². The van der Waals surface area contributed by atoms with Crippen molar-refractivity contribution in [3.8, 4) is 17.2 Å². The van der Waals surface area contributed by atoms with E-state index in [2.05, 4.69) is 10.5 Å². The van der Waals surface area contributed by atoms with Crippen molar-refractivity contribution in [1.29, 1.82) is 0 Å². The summed E-state index contributed by atoms with van der Waals surface area (Å²) in [5, 5.41) is 4.25. The lowest BCUT2D eigenvalue weighted by Gasteiger charge is -2.11. The number of nitrogens with zero attached hydrogens (tertiary/aromatic N) is 1. The lowest BCUT2D eigenvalue weighted by molar-refractivity contribution is 0.0954. The van der Waals surface area contributed by atoms with Crippen LogP contribution in [-0.2, 0) is 10.1 Å². The molecule has 0 radical (unpaired) electrons. The van der Waals surface area contributed by atoms with Crippen LogP contribution in [0.25, 0.3) is 0 Å². The summed E-state index contributed by atoms with van der Waals surface area (Å²) in [6.07, 6.45) is 1.24. The van der Waals surface area contributed by atoms with Crippen LogP contribution >= 0.6 is 11.6 Å². The quantitative estimate of drug-likeness (QED) is 0.274. The van der Waals surface area contributed by atoms with Crippen LogP contribution < -0.4 is 19.1 Å². The van der Waals surface area contributed by atoms with Gasteiger partial charge in [0.15, 0.2) is 17.2 Å². The summed E-state index contributed by atoms with van der Waals surface area (Å²) < 4.78 is 41.0. The molecular weight excluding hydrogens is 468 g/mol. The molecule has 0 heterocycles. The Labute approximate surface area is 196 Å². The van der Waals surface area contributed by atoms with E-state index < -0.39 is 16.0 Å². The third-order valence-electron chi connectivity index (χ3n) is 4.30. The van der Waals surface area contributed by atoms with Crippen molar-refractivity contribution in [2.24, 2.45) is 5.10 Å². The fraction of sp³-hybridized carbons (Fsp3) is 0.130. The minimum atomic E-state index is -4.07. The second-order valence-electron chi connectivity index (χ2n) is 6.53. The van der Waals surface area contributed by atoms with Gasteiger partial charge in [-0.15, -0.1) is 0 Å². The van der Waals surface area contributed by atoms with Gasteiger partial charge in [-0.05, 0) is 55.5 Å². The molecule has 0 bridgehead atoms. The van der Waals surface area contributed by atoms with E-state index in [4.69, 9.17) is 25.3 Å². The van der Waals surface area contributed by atoms with Crippen molar-refractivity contribution in [1.82, 2.24) is 5.43 Å². The van der Waals surface area contributed by atoms with Crippen LogP contribution in [0.15, 0.2) is 76.7 Å². The number of hydrogen-bond donors (Lipinski definition) is 1. The first-order valence-corrected chi connectivity index (χ1v) is 11.6. The molecule has 33 heavy (non-hydrogen) atoms. The maximum absolute atomic E-state index is 12.6. The molecule has 0 saturated carbocycles. The molecule has 172 valence electrons. The zero-order valence-electron chi connectivity index (χ0n) is 17.8. The molecule has 0 saturated heterocycles. The summed E-state index contributed by atoms with van der Waals surface area (Å²) in [5.41, 5.74) is 2.93. The number of rotatable bonds is 9. The normalized spacial score (nSPS) is 11.2. The molecule has 3 aromatic rings. The third-order valence-corrected chi connectivity index (χ3v) is 5.78. The van der Waals surface area contributed by atoms with E-state index in [1.165, 1.54) is 49.7 Å². The highest BCUT2D eigenvalue weighted by molar-refractivity contribution is 7.87. The summed E-state index contributed by atoms with van der Waals surface area (Å²) in [6, 6.07) is 16.8. The van der Waals surface area contributed by atoms with Crippen LogP contribution in [0.1, 0.15) is 22.8 Å². The second-order valence-corrected chi connectivity index (χ2v) is 8.51. The molecule has 1 N–H and O–H groups in total. The Hall–Kier alpha value is -3.56. The van der Waals surface area contributed by atoms with Crippen molar-refractivity contribution in [3.63, 3.8) is 0 Å². The number of methoxy groups -OCH3 is 1. The Morgan fingerprint density at radius 2 is 1.76 bits per heavy atom. The minimum absolute atomic E-state index is 0.000694. The number of hydrazone groups is 1.